The van der Waals surface area contributed by atoms with E-state index < -0.39 is 0 Å². The average molecular weight is 275 g/mol. The lowest BCUT2D eigenvalue weighted by Crippen LogP contribution is -2.43. The Bertz CT molecular complexity index is 519. The third-order valence-electron chi connectivity index (χ3n) is 4.56. The molecular formula is C14H21N5O. The van der Waals surface area contributed by atoms with Gasteiger partial charge in [-0.25, -0.2) is 15.8 Å². The van der Waals surface area contributed by atoms with Gasteiger partial charge in [-0.05, 0) is 32.6 Å². The molecule has 20 heavy (non-hydrogen) atoms. The molecule has 1 saturated carbocycles. The van der Waals surface area contributed by atoms with Crippen LogP contribution < -0.4 is 16.2 Å². The van der Waals surface area contributed by atoms with Crippen LogP contribution in [-0.4, -0.2) is 35.3 Å². The second-order valence-electron chi connectivity index (χ2n) is 6.16. The summed E-state index contributed by atoms with van der Waals surface area (Å²) in [6.07, 6.45) is 5.45. The van der Waals surface area contributed by atoms with E-state index in [-0.39, 0.29) is 0 Å². The van der Waals surface area contributed by atoms with Crippen molar-refractivity contribution in [2.75, 3.05) is 23.4 Å². The fraction of sp³-hybridized carbons (Fsp3) is 0.714. The van der Waals surface area contributed by atoms with Crippen molar-refractivity contribution in [1.82, 2.24) is 9.97 Å². The Hall–Kier alpha value is -1.40. The molecule has 4 rings (SSSR count). The molecule has 1 aliphatic carbocycles. The van der Waals surface area contributed by atoms with Crippen LogP contribution in [0.4, 0.5) is 11.6 Å². The second kappa shape index (κ2) is 4.56. The lowest BCUT2D eigenvalue weighted by atomic mass is 10.2. The molecule has 2 aliphatic heterocycles. The number of anilines is 2. The fourth-order valence-electron chi connectivity index (χ4n) is 3.28. The molecule has 3 N–H and O–H groups in total. The van der Waals surface area contributed by atoms with Crippen molar-refractivity contribution in [3.63, 3.8) is 0 Å². The molecule has 6 nitrogen and oxygen atoms in total. The summed E-state index contributed by atoms with van der Waals surface area (Å²) in [5, 5.41) is 0. The topological polar surface area (TPSA) is 76.3 Å². The number of aromatic nitrogens is 2. The standard InChI is InChI=1S/C14H21N5O/c1-8-12(18-15)16-13(9-2-3-9)17-14(8)19-6-10-4-5-11(7-19)20-10/h9-11H,2-7,15H2,1H3,(H,16,17,18). The predicted octanol–water partition coefficient (Wildman–Crippen LogP) is 1.32. The van der Waals surface area contributed by atoms with Gasteiger partial charge in [0.25, 0.3) is 0 Å². The van der Waals surface area contributed by atoms with Gasteiger partial charge in [0.1, 0.15) is 17.5 Å². The summed E-state index contributed by atoms with van der Waals surface area (Å²) < 4.78 is 5.91. The first kappa shape index (κ1) is 12.3. The van der Waals surface area contributed by atoms with Crippen LogP contribution in [0.25, 0.3) is 0 Å². The number of nitrogen functional groups attached to an aromatic ring is 1. The number of fused-ring (bicyclic) bond motifs is 2. The van der Waals surface area contributed by atoms with Gasteiger partial charge >= 0.3 is 0 Å². The molecular weight excluding hydrogens is 254 g/mol. The van der Waals surface area contributed by atoms with E-state index in [9.17, 15) is 0 Å². The summed E-state index contributed by atoms with van der Waals surface area (Å²) in [5.74, 6) is 8.89. The molecule has 2 bridgehead atoms. The number of hydrogen-bond acceptors (Lipinski definition) is 6. The van der Waals surface area contributed by atoms with Crippen molar-refractivity contribution in [3.8, 4) is 0 Å². The maximum absolute atomic E-state index is 5.91. The number of ether oxygens (including phenoxy) is 1. The predicted molar refractivity (Wildman–Crippen MR) is 76.7 cm³/mol. The van der Waals surface area contributed by atoms with E-state index in [2.05, 4.69) is 15.3 Å². The summed E-state index contributed by atoms with van der Waals surface area (Å²) in [7, 11) is 0. The Labute approximate surface area is 118 Å². The Balaban J connectivity index is 1.70. The van der Waals surface area contributed by atoms with Crippen LogP contribution in [0.3, 0.4) is 0 Å². The van der Waals surface area contributed by atoms with Gasteiger partial charge in [0.2, 0.25) is 0 Å². The van der Waals surface area contributed by atoms with Gasteiger partial charge in [0.15, 0.2) is 0 Å². The zero-order valence-electron chi connectivity index (χ0n) is 11.8. The molecule has 0 amide bonds. The molecule has 0 radical (unpaired) electrons. The van der Waals surface area contributed by atoms with Gasteiger partial charge < -0.3 is 15.1 Å². The van der Waals surface area contributed by atoms with Crippen LogP contribution in [0.5, 0.6) is 0 Å². The van der Waals surface area contributed by atoms with Gasteiger partial charge in [0, 0.05) is 24.6 Å². The highest BCUT2D eigenvalue weighted by atomic mass is 16.5. The van der Waals surface area contributed by atoms with Gasteiger partial charge in [-0.1, -0.05) is 0 Å². The SMILES string of the molecule is Cc1c(NN)nc(C2CC2)nc1N1CC2CCC(C1)O2. The maximum atomic E-state index is 5.91. The van der Waals surface area contributed by atoms with Crippen LogP contribution >= 0.6 is 0 Å². The average Bonchev–Trinajstić information content (AvgIpc) is 3.25. The van der Waals surface area contributed by atoms with Gasteiger partial charge in [-0.2, -0.15) is 0 Å². The highest BCUT2D eigenvalue weighted by molar-refractivity contribution is 5.59. The van der Waals surface area contributed by atoms with E-state index in [0.29, 0.717) is 18.1 Å². The van der Waals surface area contributed by atoms with Gasteiger partial charge in [-0.15, -0.1) is 0 Å². The quantitative estimate of drug-likeness (QED) is 0.640. The summed E-state index contributed by atoms with van der Waals surface area (Å²) in [5.41, 5.74) is 3.77. The third-order valence-corrected chi connectivity index (χ3v) is 4.56. The number of nitrogens with zero attached hydrogens (tertiary/aromatic N) is 3. The summed E-state index contributed by atoms with van der Waals surface area (Å²) >= 11 is 0. The number of hydrazine groups is 1. The highest BCUT2D eigenvalue weighted by Crippen LogP contribution is 2.40. The lowest BCUT2D eigenvalue weighted by Gasteiger charge is -2.34. The Morgan fingerprint density at radius 3 is 2.45 bits per heavy atom. The first-order valence-corrected chi connectivity index (χ1v) is 7.50. The lowest BCUT2D eigenvalue weighted by molar-refractivity contribution is 0.0301. The zero-order valence-corrected chi connectivity index (χ0v) is 11.8. The second-order valence-corrected chi connectivity index (χ2v) is 6.16. The van der Waals surface area contributed by atoms with E-state index in [0.717, 1.165) is 36.1 Å². The summed E-state index contributed by atoms with van der Waals surface area (Å²) in [6.45, 7) is 3.91. The maximum Gasteiger partial charge on any atom is 0.148 e. The van der Waals surface area contributed by atoms with E-state index in [4.69, 9.17) is 15.6 Å². The molecule has 3 aliphatic rings. The molecule has 108 valence electrons. The Morgan fingerprint density at radius 1 is 1.15 bits per heavy atom. The van der Waals surface area contributed by atoms with E-state index >= 15 is 0 Å². The van der Waals surface area contributed by atoms with Crippen molar-refractivity contribution in [1.29, 1.82) is 0 Å². The zero-order chi connectivity index (χ0) is 13.7. The molecule has 2 unspecified atom stereocenters. The van der Waals surface area contributed by atoms with Crippen molar-refractivity contribution in [2.45, 2.75) is 50.7 Å². The van der Waals surface area contributed by atoms with Crippen LogP contribution in [0.2, 0.25) is 0 Å². The van der Waals surface area contributed by atoms with E-state index in [1.54, 1.807) is 0 Å². The highest BCUT2D eigenvalue weighted by Gasteiger charge is 2.36. The number of morpholine rings is 1. The Kier molecular flexibility index (Phi) is 2.82. The van der Waals surface area contributed by atoms with E-state index in [1.807, 2.05) is 6.92 Å². The molecule has 3 fully saturated rings. The minimum atomic E-state index is 0.363. The van der Waals surface area contributed by atoms with Crippen LogP contribution in [0, 0.1) is 6.92 Å². The molecule has 2 saturated heterocycles. The van der Waals surface area contributed by atoms with Crippen molar-refractivity contribution >= 4 is 11.6 Å². The number of nitrogens with one attached hydrogen (secondary N) is 1. The molecule has 0 spiro atoms. The normalized spacial score (nSPS) is 28.8. The molecule has 0 aromatic carbocycles. The molecule has 1 aromatic rings. The molecule has 2 atom stereocenters. The largest absolute Gasteiger partial charge is 0.371 e. The first-order chi connectivity index (χ1) is 9.74. The van der Waals surface area contributed by atoms with E-state index in [1.165, 1.54) is 25.7 Å². The number of hydrogen-bond donors (Lipinski definition) is 2. The minimum Gasteiger partial charge on any atom is -0.371 e. The Morgan fingerprint density at radius 2 is 1.85 bits per heavy atom. The molecule has 1 aromatic heterocycles. The molecule has 3 heterocycles. The fourth-order valence-corrected chi connectivity index (χ4v) is 3.28. The van der Waals surface area contributed by atoms with Crippen molar-refractivity contribution in [2.24, 2.45) is 5.84 Å². The smallest absolute Gasteiger partial charge is 0.148 e. The van der Waals surface area contributed by atoms with Crippen molar-refractivity contribution in [3.05, 3.63) is 11.4 Å². The van der Waals surface area contributed by atoms with Crippen LogP contribution in [0.15, 0.2) is 0 Å². The van der Waals surface area contributed by atoms with Crippen molar-refractivity contribution < 1.29 is 4.74 Å². The summed E-state index contributed by atoms with van der Waals surface area (Å²) in [4.78, 5) is 11.7. The third kappa shape index (κ3) is 2.03. The molecule has 6 heteroatoms. The number of nitrogens with two attached hydrogens (primary N) is 1. The minimum absolute atomic E-state index is 0.363. The number of rotatable bonds is 3. The van der Waals surface area contributed by atoms with Crippen LogP contribution in [-0.2, 0) is 4.74 Å². The summed E-state index contributed by atoms with van der Waals surface area (Å²) in [6, 6.07) is 0. The van der Waals surface area contributed by atoms with Gasteiger partial charge in [0.05, 0.1) is 12.2 Å². The monoisotopic (exact) mass is 275 g/mol. The van der Waals surface area contributed by atoms with Crippen LogP contribution in [0.1, 0.15) is 43.0 Å². The first-order valence-electron chi connectivity index (χ1n) is 7.50. The van der Waals surface area contributed by atoms with Gasteiger partial charge in [-0.3, -0.25) is 0 Å².